The SMILES string of the molecule is CN=C(NCC1CN2CCN1CC2)N1CCC(N(CC2CC2)C(=O)OC(C)(C)C)CC1.I. The Kier molecular flexibility index (Phi) is 8.93. The number of guanidine groups is 1. The van der Waals surface area contributed by atoms with E-state index in [9.17, 15) is 4.79 Å². The van der Waals surface area contributed by atoms with Crippen LogP contribution in [0.2, 0.25) is 0 Å². The predicted octanol–water partition coefficient (Wildman–Crippen LogP) is 2.29. The minimum atomic E-state index is -0.448. The van der Waals surface area contributed by atoms with Crippen LogP contribution in [0.5, 0.6) is 0 Å². The molecule has 2 bridgehead atoms. The molecule has 1 N–H and O–H groups in total. The Bertz CT molecular complexity index is 649. The maximum Gasteiger partial charge on any atom is 0.410 e. The van der Waals surface area contributed by atoms with Crippen molar-refractivity contribution < 1.29 is 9.53 Å². The fraction of sp³-hybridized carbons (Fsp3) is 0.913. The first kappa shape index (κ1) is 25.8. The molecule has 1 unspecified atom stereocenters. The molecule has 0 aromatic carbocycles. The average Bonchev–Trinajstić information content (AvgIpc) is 3.57. The topological polar surface area (TPSA) is 63.7 Å². The van der Waals surface area contributed by atoms with Gasteiger partial charge in [-0.25, -0.2) is 4.79 Å². The number of rotatable bonds is 5. The van der Waals surface area contributed by atoms with Crippen LogP contribution in [0, 0.1) is 5.92 Å². The molecule has 0 aromatic rings. The Morgan fingerprint density at radius 2 is 1.72 bits per heavy atom. The van der Waals surface area contributed by atoms with Crippen LogP contribution in [0.4, 0.5) is 4.79 Å². The predicted molar refractivity (Wildman–Crippen MR) is 139 cm³/mol. The van der Waals surface area contributed by atoms with Gasteiger partial charge >= 0.3 is 6.09 Å². The number of nitrogens with one attached hydrogen (secondary N) is 1. The van der Waals surface area contributed by atoms with Crippen LogP contribution in [0.25, 0.3) is 0 Å². The Morgan fingerprint density at radius 3 is 2.22 bits per heavy atom. The van der Waals surface area contributed by atoms with Gasteiger partial charge in [0, 0.05) is 78.0 Å². The van der Waals surface area contributed by atoms with Gasteiger partial charge in [0.05, 0.1) is 0 Å². The summed E-state index contributed by atoms with van der Waals surface area (Å²) in [5, 5.41) is 3.64. The van der Waals surface area contributed by atoms with Crippen molar-refractivity contribution in [3.8, 4) is 0 Å². The molecular weight excluding hydrogens is 519 g/mol. The van der Waals surface area contributed by atoms with E-state index in [2.05, 4.69) is 25.0 Å². The molecule has 5 rings (SSSR count). The van der Waals surface area contributed by atoms with Gasteiger partial charge in [-0.1, -0.05) is 0 Å². The number of nitrogens with zero attached hydrogens (tertiary/aromatic N) is 5. The van der Waals surface area contributed by atoms with E-state index in [1.807, 2.05) is 32.7 Å². The number of fused-ring (bicyclic) bond motifs is 3. The summed E-state index contributed by atoms with van der Waals surface area (Å²) in [7, 11) is 1.88. The third-order valence-corrected chi connectivity index (χ3v) is 7.08. The van der Waals surface area contributed by atoms with Crippen molar-refractivity contribution in [2.75, 3.05) is 66.0 Å². The average molecular weight is 563 g/mol. The van der Waals surface area contributed by atoms with Crippen molar-refractivity contribution in [3.05, 3.63) is 0 Å². The van der Waals surface area contributed by atoms with Gasteiger partial charge in [0.15, 0.2) is 5.96 Å². The molecule has 9 heteroatoms. The van der Waals surface area contributed by atoms with Gasteiger partial charge in [0.1, 0.15) is 5.60 Å². The lowest BCUT2D eigenvalue weighted by Gasteiger charge is -2.48. The lowest BCUT2D eigenvalue weighted by atomic mass is 10.0. The number of likely N-dealkylation sites (tertiary alicyclic amines) is 1. The summed E-state index contributed by atoms with van der Waals surface area (Å²) >= 11 is 0. The molecule has 4 aliphatic heterocycles. The highest BCUT2D eigenvalue weighted by molar-refractivity contribution is 14.0. The molecule has 0 radical (unpaired) electrons. The molecule has 184 valence electrons. The number of halogens is 1. The van der Waals surface area contributed by atoms with E-state index >= 15 is 0 Å². The summed E-state index contributed by atoms with van der Waals surface area (Å²) in [6.45, 7) is 15.5. The quantitative estimate of drug-likeness (QED) is 0.315. The summed E-state index contributed by atoms with van der Waals surface area (Å²) in [5.41, 5.74) is -0.448. The first-order chi connectivity index (χ1) is 14.8. The van der Waals surface area contributed by atoms with Crippen LogP contribution in [-0.4, -0.2) is 115 Å². The first-order valence-corrected chi connectivity index (χ1v) is 12.2. The van der Waals surface area contributed by atoms with E-state index < -0.39 is 5.60 Å². The number of hydrogen-bond donors (Lipinski definition) is 1. The highest BCUT2D eigenvalue weighted by Gasteiger charge is 2.36. The normalized spacial score (nSPS) is 28.8. The smallest absolute Gasteiger partial charge is 0.410 e. The highest BCUT2D eigenvalue weighted by Crippen LogP contribution is 2.32. The fourth-order valence-corrected chi connectivity index (χ4v) is 5.12. The lowest BCUT2D eigenvalue weighted by molar-refractivity contribution is 0.00890. The number of aliphatic imine (C=N–C) groups is 1. The van der Waals surface area contributed by atoms with Crippen LogP contribution in [-0.2, 0) is 4.74 Å². The van der Waals surface area contributed by atoms with E-state index in [4.69, 9.17) is 4.74 Å². The van der Waals surface area contributed by atoms with Gasteiger partial charge < -0.3 is 19.9 Å². The van der Waals surface area contributed by atoms with Crippen molar-refractivity contribution >= 4 is 36.0 Å². The lowest BCUT2D eigenvalue weighted by Crippen LogP contribution is -2.64. The number of piperazine rings is 3. The molecular formula is C23H43IN6O2. The zero-order chi connectivity index (χ0) is 22.0. The third-order valence-electron chi connectivity index (χ3n) is 7.08. The van der Waals surface area contributed by atoms with Crippen molar-refractivity contribution in [1.29, 1.82) is 0 Å². The molecule has 4 heterocycles. The second kappa shape index (κ2) is 11.1. The molecule has 8 nitrogen and oxygen atoms in total. The van der Waals surface area contributed by atoms with E-state index in [0.717, 1.165) is 51.5 Å². The number of carbonyl (C=O) groups is 1. The van der Waals surface area contributed by atoms with Crippen LogP contribution >= 0.6 is 24.0 Å². The number of ether oxygens (including phenoxy) is 1. The molecule has 1 saturated carbocycles. The molecule has 0 aromatic heterocycles. The molecule has 4 saturated heterocycles. The fourth-order valence-electron chi connectivity index (χ4n) is 5.12. The van der Waals surface area contributed by atoms with Gasteiger partial charge in [0.25, 0.3) is 0 Å². The number of amides is 1. The minimum Gasteiger partial charge on any atom is -0.444 e. The summed E-state index contributed by atoms with van der Waals surface area (Å²) in [6.07, 6.45) is 4.28. The number of hydrogen-bond acceptors (Lipinski definition) is 5. The van der Waals surface area contributed by atoms with E-state index in [1.54, 1.807) is 0 Å². The molecule has 32 heavy (non-hydrogen) atoms. The van der Waals surface area contributed by atoms with Gasteiger partial charge in [-0.05, 0) is 52.4 Å². The Morgan fingerprint density at radius 1 is 1.06 bits per heavy atom. The Balaban J connectivity index is 0.00000289. The Labute approximate surface area is 211 Å². The van der Waals surface area contributed by atoms with Crippen LogP contribution in [0.1, 0.15) is 46.5 Å². The van der Waals surface area contributed by atoms with Gasteiger partial charge in [-0.15, -0.1) is 24.0 Å². The summed E-state index contributed by atoms with van der Waals surface area (Å²) in [6, 6.07) is 0.843. The summed E-state index contributed by atoms with van der Waals surface area (Å²) in [5.74, 6) is 1.67. The highest BCUT2D eigenvalue weighted by atomic mass is 127. The molecule has 0 spiro atoms. The summed E-state index contributed by atoms with van der Waals surface area (Å²) < 4.78 is 5.74. The van der Waals surface area contributed by atoms with Crippen molar-refractivity contribution in [3.63, 3.8) is 0 Å². The second-order valence-corrected chi connectivity index (χ2v) is 10.7. The number of carbonyl (C=O) groups excluding carboxylic acids is 1. The maximum atomic E-state index is 12.9. The largest absolute Gasteiger partial charge is 0.444 e. The molecule has 1 aliphatic carbocycles. The first-order valence-electron chi connectivity index (χ1n) is 12.2. The summed E-state index contributed by atoms with van der Waals surface area (Å²) in [4.78, 5) is 27.0. The van der Waals surface area contributed by atoms with Gasteiger partial charge in [0.2, 0.25) is 0 Å². The van der Waals surface area contributed by atoms with E-state index in [1.165, 1.54) is 39.0 Å². The molecule has 5 aliphatic rings. The molecule has 1 amide bonds. The standard InChI is InChI=1S/C23H42N6O2.HI/c1-23(2,3)31-22(30)29(16-18-5-6-18)19-7-9-28(10-8-19)21(24-4)25-15-20-17-26-11-13-27(20)14-12-26;/h18-20H,5-17H2,1-4H3,(H,24,25);1H. The van der Waals surface area contributed by atoms with E-state index in [-0.39, 0.29) is 36.1 Å². The Hall–Kier alpha value is -0.810. The minimum absolute atomic E-state index is 0. The zero-order valence-corrected chi connectivity index (χ0v) is 22.7. The van der Waals surface area contributed by atoms with E-state index in [0.29, 0.717) is 12.0 Å². The maximum absolute atomic E-state index is 12.9. The number of piperidine rings is 1. The molecule has 1 atom stereocenters. The van der Waals surface area contributed by atoms with Crippen molar-refractivity contribution in [2.24, 2.45) is 10.9 Å². The van der Waals surface area contributed by atoms with Gasteiger partial charge in [-0.2, -0.15) is 0 Å². The van der Waals surface area contributed by atoms with Gasteiger partial charge in [-0.3, -0.25) is 14.8 Å². The monoisotopic (exact) mass is 562 g/mol. The van der Waals surface area contributed by atoms with Crippen LogP contribution < -0.4 is 5.32 Å². The van der Waals surface area contributed by atoms with Crippen molar-refractivity contribution in [2.45, 2.75) is 64.1 Å². The third kappa shape index (κ3) is 6.85. The van der Waals surface area contributed by atoms with Crippen LogP contribution in [0.3, 0.4) is 0 Å². The molecule has 5 fully saturated rings. The van der Waals surface area contributed by atoms with Crippen LogP contribution in [0.15, 0.2) is 4.99 Å². The van der Waals surface area contributed by atoms with Crippen molar-refractivity contribution in [1.82, 2.24) is 24.9 Å². The zero-order valence-electron chi connectivity index (χ0n) is 20.4. The second-order valence-electron chi connectivity index (χ2n) is 10.7.